The van der Waals surface area contributed by atoms with E-state index < -0.39 is 11.4 Å². The maximum atomic E-state index is 12.1. The molecule has 6 fully saturated rings. The highest BCUT2D eigenvalue weighted by Crippen LogP contribution is 2.77. The van der Waals surface area contributed by atoms with Crippen molar-refractivity contribution in [1.82, 2.24) is 0 Å². The van der Waals surface area contributed by atoms with Gasteiger partial charge in [-0.15, -0.1) is 0 Å². The van der Waals surface area contributed by atoms with Gasteiger partial charge in [0.2, 0.25) is 0 Å². The van der Waals surface area contributed by atoms with Crippen LogP contribution in [0.2, 0.25) is 0 Å². The van der Waals surface area contributed by atoms with Gasteiger partial charge in [-0.05, 0) is 142 Å². The Kier molecular flexibility index (Phi) is 9.13. The Labute approximate surface area is 278 Å². The zero-order chi connectivity index (χ0) is 33.1. The van der Waals surface area contributed by atoms with E-state index in [1.807, 2.05) is 0 Å². The molecule has 1 unspecified atom stereocenters. The lowest BCUT2D eigenvalue weighted by Gasteiger charge is -2.72. The van der Waals surface area contributed by atoms with Crippen molar-refractivity contribution in [2.24, 2.45) is 61.8 Å². The summed E-state index contributed by atoms with van der Waals surface area (Å²) in [6.45, 7) is 21.7. The molecule has 1 saturated heterocycles. The third-order valence-electron chi connectivity index (χ3n) is 15.4. The van der Waals surface area contributed by atoms with Crippen molar-refractivity contribution in [2.75, 3.05) is 19.8 Å². The summed E-state index contributed by atoms with van der Waals surface area (Å²) in [5.41, 5.74) is 2.49. The topological polar surface area (TPSA) is 83.4 Å². The molecule has 0 bridgehead atoms. The first-order valence-corrected chi connectivity index (χ1v) is 18.5. The van der Waals surface area contributed by atoms with Gasteiger partial charge in [0, 0.05) is 25.9 Å². The molecule has 0 aromatic rings. The quantitative estimate of drug-likeness (QED) is 0.120. The molecule has 1 heterocycles. The first-order chi connectivity index (χ1) is 21.7. The average Bonchev–Trinajstić information content (AvgIpc) is 3.40. The van der Waals surface area contributed by atoms with E-state index in [2.05, 4.69) is 46.4 Å². The molecule has 46 heavy (non-hydrogen) atoms. The number of hydrogen-bond donors (Lipinski definition) is 0. The van der Waals surface area contributed by atoms with Crippen molar-refractivity contribution in [3.05, 3.63) is 12.2 Å². The molecule has 7 heteroatoms. The fourth-order valence-electron chi connectivity index (χ4n) is 13.0. The summed E-state index contributed by atoms with van der Waals surface area (Å²) in [4.78, 5) is 29.1. The lowest BCUT2D eigenvalue weighted by molar-refractivity contribution is -0.244. The van der Waals surface area contributed by atoms with E-state index in [-0.39, 0.29) is 40.5 Å². The second-order valence-electron chi connectivity index (χ2n) is 17.5. The molecule has 6 aliphatic rings. The van der Waals surface area contributed by atoms with Gasteiger partial charge in [-0.3, -0.25) is 4.79 Å². The number of esters is 1. The van der Waals surface area contributed by atoms with Gasteiger partial charge in [0.1, 0.15) is 6.61 Å². The summed E-state index contributed by atoms with van der Waals surface area (Å²) in [5, 5.41) is 4.40. The van der Waals surface area contributed by atoms with Crippen LogP contribution in [0.25, 0.3) is 0 Å². The van der Waals surface area contributed by atoms with E-state index in [9.17, 15) is 9.59 Å². The molecule has 0 radical (unpaired) electrons. The van der Waals surface area contributed by atoms with Crippen LogP contribution < -0.4 is 0 Å². The highest BCUT2D eigenvalue weighted by atomic mass is 16.7. The van der Waals surface area contributed by atoms with Gasteiger partial charge < -0.3 is 19.0 Å². The highest BCUT2D eigenvalue weighted by Gasteiger charge is 2.71. The number of ether oxygens (including phenoxy) is 3. The van der Waals surface area contributed by atoms with Gasteiger partial charge in [-0.1, -0.05) is 45.0 Å². The van der Waals surface area contributed by atoms with Crippen LogP contribution in [0, 0.1) is 56.7 Å². The fraction of sp³-hybridized carbons (Fsp3) is 0.872. The summed E-state index contributed by atoms with van der Waals surface area (Å²) in [6, 6.07) is 0. The monoisotopic (exact) mass is 639 g/mol. The Balaban J connectivity index is 1.31. The number of oxime groups is 1. The number of hydrogen-bond acceptors (Lipinski definition) is 7. The van der Waals surface area contributed by atoms with Crippen LogP contribution in [0.5, 0.6) is 0 Å². The minimum absolute atomic E-state index is 0.0358. The van der Waals surface area contributed by atoms with Crippen LogP contribution in [0.3, 0.4) is 0 Å². The molecule has 1 aliphatic heterocycles. The summed E-state index contributed by atoms with van der Waals surface area (Å²) in [5.74, 6) is 2.00. The van der Waals surface area contributed by atoms with E-state index >= 15 is 0 Å². The SMILES string of the molecule is C=C(C)[C@@H]1CC[C@]2(COC3CCCCO3)CC[C@]3(C)[C@H](CC[C@@H]4[C@@]5(C)CC/C(=N\OC(C)=O)[C@@](C)(COC(C)=O)[C@@H]5CC[C@]43C)[C@@H]12. The zero-order valence-electron chi connectivity index (χ0n) is 29.9. The van der Waals surface area contributed by atoms with Crippen molar-refractivity contribution in [1.29, 1.82) is 0 Å². The molecule has 258 valence electrons. The van der Waals surface area contributed by atoms with Crippen molar-refractivity contribution in [3.8, 4) is 0 Å². The predicted molar refractivity (Wildman–Crippen MR) is 179 cm³/mol. The summed E-state index contributed by atoms with van der Waals surface area (Å²) >= 11 is 0. The second kappa shape index (κ2) is 12.3. The Morgan fingerprint density at radius 1 is 0.848 bits per heavy atom. The van der Waals surface area contributed by atoms with Gasteiger partial charge >= 0.3 is 11.9 Å². The number of allylic oxidation sites excluding steroid dienone is 1. The minimum atomic E-state index is -0.468. The Hall–Kier alpha value is -1.73. The maximum Gasteiger partial charge on any atom is 0.331 e. The molecule has 0 aromatic carbocycles. The number of nitrogens with zero attached hydrogens (tertiary/aromatic N) is 1. The van der Waals surface area contributed by atoms with Crippen LogP contribution in [0.1, 0.15) is 132 Å². The molecule has 0 amide bonds. The molecular weight excluding hydrogens is 578 g/mol. The van der Waals surface area contributed by atoms with E-state index in [0.29, 0.717) is 29.6 Å². The van der Waals surface area contributed by atoms with Crippen LogP contribution in [-0.4, -0.2) is 43.8 Å². The van der Waals surface area contributed by atoms with Gasteiger partial charge in [0.05, 0.1) is 12.3 Å². The van der Waals surface area contributed by atoms with Crippen LogP contribution >= 0.6 is 0 Å². The maximum absolute atomic E-state index is 12.1. The lowest BCUT2D eigenvalue weighted by Crippen LogP contribution is -2.67. The highest BCUT2D eigenvalue weighted by molar-refractivity contribution is 5.91. The van der Waals surface area contributed by atoms with Gasteiger partial charge in [0.25, 0.3) is 0 Å². The summed E-state index contributed by atoms with van der Waals surface area (Å²) in [7, 11) is 0. The zero-order valence-corrected chi connectivity index (χ0v) is 29.9. The third kappa shape index (κ3) is 5.33. The van der Waals surface area contributed by atoms with Gasteiger partial charge in [0.15, 0.2) is 6.29 Å². The smallest absolute Gasteiger partial charge is 0.331 e. The van der Waals surface area contributed by atoms with Crippen molar-refractivity contribution >= 4 is 17.7 Å². The average molecular weight is 640 g/mol. The molecule has 0 spiro atoms. The molecule has 0 aromatic heterocycles. The van der Waals surface area contributed by atoms with E-state index in [1.54, 1.807) is 0 Å². The molecule has 5 saturated carbocycles. The molecular formula is C39H61NO6. The largest absolute Gasteiger partial charge is 0.465 e. The molecule has 11 atom stereocenters. The molecule has 0 N–H and O–H groups in total. The second-order valence-corrected chi connectivity index (χ2v) is 17.5. The first kappa shape index (κ1) is 34.1. The van der Waals surface area contributed by atoms with E-state index in [0.717, 1.165) is 57.5 Å². The van der Waals surface area contributed by atoms with Crippen molar-refractivity contribution in [2.45, 2.75) is 138 Å². The molecule has 5 aliphatic carbocycles. The number of carbonyl (C=O) groups excluding carboxylic acids is 2. The lowest BCUT2D eigenvalue weighted by atomic mass is 9.32. The number of rotatable bonds is 7. The number of carbonyl (C=O) groups is 2. The Morgan fingerprint density at radius 2 is 1.63 bits per heavy atom. The van der Waals surface area contributed by atoms with Crippen LogP contribution in [0.15, 0.2) is 17.3 Å². The van der Waals surface area contributed by atoms with Gasteiger partial charge in [-0.25, -0.2) is 4.79 Å². The van der Waals surface area contributed by atoms with Crippen LogP contribution in [0.4, 0.5) is 0 Å². The van der Waals surface area contributed by atoms with Gasteiger partial charge in [-0.2, -0.15) is 0 Å². The molecule has 7 nitrogen and oxygen atoms in total. The standard InChI is InChI=1S/C39H61NO6/c1-25(2)28-14-19-39(24-45-33-11-9-10-22-43-33)21-20-37(7)29(34(28)39)12-13-31-35(5)17-16-32(40-46-27(4)42)36(6,23-44-26(3)41)30(35)15-18-38(31,37)8/h28-31,33-34H,1,9-24H2,2-8H3/b40-32+/t28-,29+,30+,31+,33?,34+,35-,36-,37+,38+,39+/m0/s1. The fourth-order valence-corrected chi connectivity index (χ4v) is 13.0. The predicted octanol–water partition coefficient (Wildman–Crippen LogP) is 8.65. The number of fused-ring (bicyclic) bond motifs is 7. The van der Waals surface area contributed by atoms with Crippen molar-refractivity contribution < 1.29 is 28.6 Å². The normalized spacial score (nSPS) is 47.6. The Bertz CT molecular complexity index is 1240. The van der Waals surface area contributed by atoms with Crippen molar-refractivity contribution in [3.63, 3.8) is 0 Å². The van der Waals surface area contributed by atoms with E-state index in [1.165, 1.54) is 64.4 Å². The third-order valence-corrected chi connectivity index (χ3v) is 15.4. The van der Waals surface area contributed by atoms with Crippen LogP contribution in [-0.2, 0) is 28.6 Å². The summed E-state index contributed by atoms with van der Waals surface area (Å²) in [6.07, 6.45) is 14.8. The first-order valence-electron chi connectivity index (χ1n) is 18.5. The Morgan fingerprint density at radius 3 is 2.30 bits per heavy atom. The minimum Gasteiger partial charge on any atom is -0.465 e. The summed E-state index contributed by atoms with van der Waals surface area (Å²) < 4.78 is 18.5. The van der Waals surface area contributed by atoms with E-state index in [4.69, 9.17) is 19.0 Å². The molecule has 6 rings (SSSR count).